The molecule has 256 valence electrons. The van der Waals surface area contributed by atoms with E-state index in [0.717, 1.165) is 51.6 Å². The Morgan fingerprint density at radius 1 is 0.837 bits per heavy atom. The van der Waals surface area contributed by atoms with Crippen molar-refractivity contribution in [2.75, 3.05) is 19.6 Å². The van der Waals surface area contributed by atoms with E-state index in [9.17, 15) is 27.6 Å². The second-order valence-electron chi connectivity index (χ2n) is 11.3. The molecule has 0 aromatic heterocycles. The van der Waals surface area contributed by atoms with Crippen LogP contribution in [-0.4, -0.2) is 48.5 Å². The van der Waals surface area contributed by atoms with Gasteiger partial charge in [-0.15, -0.1) is 0 Å². The number of alkyl halides is 3. The van der Waals surface area contributed by atoms with Crippen LogP contribution in [0.2, 0.25) is 0 Å². The van der Waals surface area contributed by atoms with Crippen molar-refractivity contribution >= 4 is 39.8 Å². The van der Waals surface area contributed by atoms with Gasteiger partial charge in [-0.3, -0.25) is 9.59 Å². The lowest BCUT2D eigenvalue weighted by molar-refractivity contribution is -0.189. The third-order valence-electron chi connectivity index (χ3n) is 7.56. The fraction of sp³-hybridized carbons (Fsp3) is 0.237. The highest BCUT2D eigenvalue weighted by molar-refractivity contribution is 9.10. The number of ether oxygens (including phenoxy) is 1. The normalized spacial score (nSPS) is 11.4. The predicted octanol–water partition coefficient (Wildman–Crippen LogP) is 7.73. The van der Waals surface area contributed by atoms with Crippen molar-refractivity contribution in [1.29, 1.82) is 0 Å². The molecular formula is C38H37BrF3N3O4. The van der Waals surface area contributed by atoms with E-state index in [2.05, 4.69) is 26.0 Å². The van der Waals surface area contributed by atoms with Crippen LogP contribution in [0.4, 0.5) is 13.2 Å². The average molecular weight is 737 g/mol. The number of nitrogens with two attached hydrogens (primary N) is 1. The van der Waals surface area contributed by atoms with Crippen LogP contribution in [0, 0.1) is 0 Å². The Labute approximate surface area is 292 Å². The van der Waals surface area contributed by atoms with E-state index in [1.165, 1.54) is 18.2 Å². The molecule has 0 aliphatic heterocycles. The van der Waals surface area contributed by atoms with E-state index in [1.807, 2.05) is 66.7 Å². The van der Waals surface area contributed by atoms with Gasteiger partial charge in [0.15, 0.2) is 0 Å². The van der Waals surface area contributed by atoms with Crippen molar-refractivity contribution in [2.24, 2.45) is 5.73 Å². The lowest BCUT2D eigenvalue weighted by Gasteiger charge is -2.22. The van der Waals surface area contributed by atoms with Gasteiger partial charge in [0, 0.05) is 35.7 Å². The van der Waals surface area contributed by atoms with Crippen molar-refractivity contribution in [1.82, 2.24) is 10.2 Å². The Bertz CT molecular complexity index is 1740. The molecular weight excluding hydrogens is 699 g/mol. The summed E-state index contributed by atoms with van der Waals surface area (Å²) in [6, 6.07) is 28.3. The molecule has 0 bridgehead atoms. The minimum Gasteiger partial charge on any atom is -0.420 e. The molecule has 4 aromatic rings. The Hall–Kier alpha value is -4.74. The van der Waals surface area contributed by atoms with Gasteiger partial charge in [-0.25, -0.2) is 4.79 Å². The zero-order chi connectivity index (χ0) is 35.2. The van der Waals surface area contributed by atoms with Gasteiger partial charge in [0.05, 0.1) is 0 Å². The molecule has 0 spiro atoms. The molecule has 0 fully saturated rings. The fourth-order valence-electron chi connectivity index (χ4n) is 4.93. The minimum atomic E-state index is -5.09. The van der Waals surface area contributed by atoms with Gasteiger partial charge >= 0.3 is 12.1 Å². The molecule has 4 rings (SSSR count). The molecule has 2 amide bonds. The molecule has 49 heavy (non-hydrogen) atoms. The van der Waals surface area contributed by atoms with E-state index in [0.29, 0.717) is 31.6 Å². The minimum absolute atomic E-state index is 0.147. The summed E-state index contributed by atoms with van der Waals surface area (Å²) in [5, 5.41) is 2.96. The van der Waals surface area contributed by atoms with E-state index in [4.69, 9.17) is 5.73 Å². The summed E-state index contributed by atoms with van der Waals surface area (Å²) >= 11 is 3.41. The van der Waals surface area contributed by atoms with Crippen molar-refractivity contribution < 1.29 is 32.3 Å². The largest absolute Gasteiger partial charge is 0.491 e. The van der Waals surface area contributed by atoms with Gasteiger partial charge in [-0.05, 0) is 102 Å². The summed E-state index contributed by atoms with van der Waals surface area (Å²) in [5.41, 5.74) is 10.3. The van der Waals surface area contributed by atoms with Crippen molar-refractivity contribution in [2.45, 2.75) is 38.4 Å². The van der Waals surface area contributed by atoms with Crippen molar-refractivity contribution in [3.05, 3.63) is 130 Å². The van der Waals surface area contributed by atoms with E-state index < -0.39 is 12.1 Å². The number of unbranched alkanes of at least 4 members (excludes halogenated alkanes) is 2. The maximum absolute atomic E-state index is 13.5. The first-order chi connectivity index (χ1) is 23.5. The molecule has 0 aliphatic carbocycles. The smallest absolute Gasteiger partial charge is 0.420 e. The van der Waals surface area contributed by atoms with E-state index in [1.54, 1.807) is 29.2 Å². The summed E-state index contributed by atoms with van der Waals surface area (Å²) in [5.74, 6) is -2.89. The maximum Gasteiger partial charge on any atom is 0.491 e. The SMILES string of the molecule is NCCCCCNC(=O)c1cccc(-c2cccc(CN(CCc3ccc(OC(=O)C(F)(F)F)cc3)C(=O)C=Cc3ccc(Br)cc3)c2)c1. The first kappa shape index (κ1) is 37.1. The molecule has 0 unspecified atom stereocenters. The number of hydrogen-bond acceptors (Lipinski definition) is 5. The number of esters is 1. The highest BCUT2D eigenvalue weighted by Crippen LogP contribution is 2.24. The lowest BCUT2D eigenvalue weighted by Crippen LogP contribution is -2.31. The molecule has 3 N–H and O–H groups in total. The first-order valence-electron chi connectivity index (χ1n) is 15.8. The highest BCUT2D eigenvalue weighted by Gasteiger charge is 2.41. The number of benzene rings is 4. The second-order valence-corrected chi connectivity index (χ2v) is 12.2. The van der Waals surface area contributed by atoms with Crippen molar-refractivity contribution in [3.8, 4) is 16.9 Å². The van der Waals surface area contributed by atoms with Crippen LogP contribution >= 0.6 is 15.9 Å². The summed E-state index contributed by atoms with van der Waals surface area (Å²) in [7, 11) is 0. The Kier molecular flexibility index (Phi) is 13.7. The zero-order valence-corrected chi connectivity index (χ0v) is 28.3. The number of rotatable bonds is 15. The molecule has 0 saturated heterocycles. The number of amides is 2. The van der Waals surface area contributed by atoms with Crippen LogP contribution in [0.5, 0.6) is 5.75 Å². The number of hydrogen-bond donors (Lipinski definition) is 2. The first-order valence-corrected chi connectivity index (χ1v) is 16.6. The van der Waals surface area contributed by atoms with Gasteiger partial charge < -0.3 is 20.7 Å². The Morgan fingerprint density at radius 3 is 2.22 bits per heavy atom. The molecule has 11 heteroatoms. The molecule has 0 heterocycles. The van der Waals surface area contributed by atoms with Gasteiger partial charge in [-0.1, -0.05) is 76.9 Å². The van der Waals surface area contributed by atoms with Gasteiger partial charge in [0.25, 0.3) is 5.91 Å². The number of halogens is 4. The van der Waals surface area contributed by atoms with Gasteiger partial charge in [0.2, 0.25) is 5.91 Å². The number of nitrogens with zero attached hydrogens (tertiary/aromatic N) is 1. The molecule has 0 radical (unpaired) electrons. The van der Waals surface area contributed by atoms with Crippen LogP contribution in [0.1, 0.15) is 46.3 Å². The summed E-state index contributed by atoms with van der Waals surface area (Å²) in [4.78, 5) is 39.1. The summed E-state index contributed by atoms with van der Waals surface area (Å²) in [6.45, 7) is 1.79. The van der Waals surface area contributed by atoms with Crippen LogP contribution in [0.15, 0.2) is 108 Å². The second kappa shape index (κ2) is 18.1. The van der Waals surface area contributed by atoms with Crippen LogP contribution < -0.4 is 15.8 Å². The number of carbonyl (C=O) groups excluding carboxylic acids is 3. The average Bonchev–Trinajstić information content (AvgIpc) is 3.10. The van der Waals surface area contributed by atoms with Crippen molar-refractivity contribution in [3.63, 3.8) is 0 Å². The monoisotopic (exact) mass is 735 g/mol. The Balaban J connectivity index is 1.49. The predicted molar refractivity (Wildman–Crippen MR) is 188 cm³/mol. The fourth-order valence-corrected chi connectivity index (χ4v) is 5.19. The maximum atomic E-state index is 13.5. The zero-order valence-electron chi connectivity index (χ0n) is 26.7. The number of carbonyl (C=O) groups is 3. The molecule has 0 saturated carbocycles. The van der Waals surface area contributed by atoms with Gasteiger partial charge in [0.1, 0.15) is 5.75 Å². The number of nitrogens with one attached hydrogen (secondary N) is 1. The lowest BCUT2D eigenvalue weighted by atomic mass is 10.0. The molecule has 7 nitrogen and oxygen atoms in total. The third kappa shape index (κ3) is 12.0. The Morgan fingerprint density at radius 2 is 1.53 bits per heavy atom. The summed E-state index contributed by atoms with van der Waals surface area (Å²) in [6.07, 6.45) is 1.28. The highest BCUT2D eigenvalue weighted by atomic mass is 79.9. The standard InChI is InChI=1S/C38H37BrF3N3O4/c39-33-15-10-27(11-16-33)14-19-35(46)45(23-20-28-12-17-34(18-13-28)49-37(48)38(40,41)42)26-29-6-4-7-30(24-29)31-8-5-9-32(25-31)36(47)44-22-3-1-2-21-43/h4-19,24-25H,1-3,20-23,26,43H2,(H,44,47). The molecule has 0 atom stereocenters. The molecule has 0 aliphatic rings. The van der Waals surface area contributed by atoms with Crippen LogP contribution in [0.3, 0.4) is 0 Å². The van der Waals surface area contributed by atoms with Crippen LogP contribution in [-0.2, 0) is 22.6 Å². The summed E-state index contributed by atoms with van der Waals surface area (Å²) < 4.78 is 43.0. The van der Waals surface area contributed by atoms with Crippen LogP contribution in [0.25, 0.3) is 17.2 Å². The third-order valence-corrected chi connectivity index (χ3v) is 8.09. The van der Waals surface area contributed by atoms with Gasteiger partial charge in [-0.2, -0.15) is 13.2 Å². The molecule has 4 aromatic carbocycles. The quantitative estimate of drug-likeness (QED) is 0.0564. The van der Waals surface area contributed by atoms with E-state index in [-0.39, 0.29) is 24.1 Å². The topological polar surface area (TPSA) is 102 Å². The van der Waals surface area contributed by atoms with E-state index >= 15 is 0 Å².